The van der Waals surface area contributed by atoms with Crippen molar-refractivity contribution in [2.45, 2.75) is 59.0 Å². The molecule has 5 aromatic rings. The first-order valence-electron chi connectivity index (χ1n) is 21.0. The van der Waals surface area contributed by atoms with Crippen molar-refractivity contribution in [2.75, 3.05) is 42.9 Å². The first-order valence-corrected chi connectivity index (χ1v) is 21.0. The number of fused-ring (bicyclic) bond motifs is 1. The lowest BCUT2D eigenvalue weighted by molar-refractivity contribution is -0.136. The summed E-state index contributed by atoms with van der Waals surface area (Å²) in [5, 5.41) is 37.5. The van der Waals surface area contributed by atoms with Crippen LogP contribution < -0.4 is 25.6 Å². The number of phenolic OH excluding ortho intramolecular Hbond substituents is 2. The molecule has 2 saturated heterocycles. The van der Waals surface area contributed by atoms with Crippen molar-refractivity contribution in [2.24, 2.45) is 0 Å². The Labute approximate surface area is 367 Å². The highest BCUT2D eigenvalue weighted by atomic mass is 16.6. The number of hydrogen-bond acceptors (Lipinski definition) is 12. The molecule has 64 heavy (non-hydrogen) atoms. The van der Waals surface area contributed by atoms with Crippen molar-refractivity contribution >= 4 is 47.0 Å². The van der Waals surface area contributed by atoms with E-state index in [2.05, 4.69) is 31.0 Å². The number of aromatic hydroxyl groups is 2. The Hall–Kier alpha value is -7.76. The molecule has 0 radical (unpaired) electrons. The summed E-state index contributed by atoms with van der Waals surface area (Å²) in [5.41, 5.74) is 4.68. The summed E-state index contributed by atoms with van der Waals surface area (Å²) in [4.78, 5) is 82.7. The summed E-state index contributed by atoms with van der Waals surface area (Å²) in [6.07, 6.45) is -0.393. The number of benzene rings is 4. The Bertz CT molecular complexity index is 2710. The molecule has 0 saturated carbocycles. The van der Waals surface area contributed by atoms with Crippen LogP contribution in [0.2, 0.25) is 0 Å². The largest absolute Gasteiger partial charge is 0.508 e. The number of phenols is 2. The summed E-state index contributed by atoms with van der Waals surface area (Å²) in [6.45, 7) is 9.84. The smallest absolute Gasteiger partial charge is 0.417 e. The molecule has 4 heterocycles. The molecule has 18 nitrogen and oxygen atoms in total. The highest BCUT2D eigenvalue weighted by molar-refractivity contribution is 6.06. The van der Waals surface area contributed by atoms with Gasteiger partial charge in [-0.1, -0.05) is 19.9 Å². The maximum absolute atomic E-state index is 13.7. The fraction of sp³-hybridized carbons (Fsp3) is 0.304. The number of carbonyl (C=O) groups is 6. The van der Waals surface area contributed by atoms with Crippen molar-refractivity contribution < 1.29 is 43.7 Å². The van der Waals surface area contributed by atoms with E-state index in [9.17, 15) is 39.0 Å². The Morgan fingerprint density at radius 3 is 2.31 bits per heavy atom. The second-order valence-electron chi connectivity index (χ2n) is 16.1. The first-order chi connectivity index (χ1) is 30.7. The van der Waals surface area contributed by atoms with Gasteiger partial charge in [0.2, 0.25) is 17.6 Å². The predicted molar refractivity (Wildman–Crippen MR) is 234 cm³/mol. The highest BCUT2D eigenvalue weighted by Crippen LogP contribution is 2.39. The van der Waals surface area contributed by atoms with Crippen molar-refractivity contribution in [1.82, 2.24) is 35.2 Å². The van der Waals surface area contributed by atoms with E-state index in [0.29, 0.717) is 77.7 Å². The monoisotopic (exact) mass is 869 g/mol. The lowest BCUT2D eigenvalue weighted by Crippen LogP contribution is -2.52. The topological polar surface area (TPSA) is 229 Å². The second kappa shape index (κ2) is 17.5. The van der Waals surface area contributed by atoms with E-state index in [1.807, 2.05) is 32.9 Å². The van der Waals surface area contributed by atoms with Gasteiger partial charge in [-0.25, -0.2) is 4.79 Å². The summed E-state index contributed by atoms with van der Waals surface area (Å²) in [5.74, 6) is -1.74. The summed E-state index contributed by atoms with van der Waals surface area (Å²) < 4.78 is 7.20. The third-order valence-corrected chi connectivity index (χ3v) is 11.7. The van der Waals surface area contributed by atoms with Crippen LogP contribution in [0.4, 0.5) is 16.2 Å². The number of anilines is 2. The number of piperidine rings is 1. The number of amides is 6. The average molecular weight is 870 g/mol. The van der Waals surface area contributed by atoms with Gasteiger partial charge >= 0.3 is 6.09 Å². The predicted octanol–water partition coefficient (Wildman–Crippen LogP) is 4.86. The van der Waals surface area contributed by atoms with E-state index in [1.165, 1.54) is 15.5 Å². The van der Waals surface area contributed by atoms with E-state index in [-0.39, 0.29) is 71.7 Å². The number of aromatic nitrogens is 3. The van der Waals surface area contributed by atoms with Crippen molar-refractivity contribution in [3.8, 4) is 34.3 Å². The van der Waals surface area contributed by atoms with Crippen LogP contribution in [0, 0.1) is 6.92 Å². The number of rotatable bonds is 10. The average Bonchev–Trinajstić information content (AvgIpc) is 3.86. The number of nitrogens with zero attached hydrogens (tertiary/aromatic N) is 6. The quantitative estimate of drug-likeness (QED) is 0.119. The van der Waals surface area contributed by atoms with Crippen molar-refractivity contribution in [3.05, 3.63) is 106 Å². The number of carbonyl (C=O) groups excluding carboxylic acids is 6. The van der Waals surface area contributed by atoms with Gasteiger partial charge in [0.05, 0.1) is 5.56 Å². The fourth-order valence-electron chi connectivity index (χ4n) is 8.31. The molecule has 3 aliphatic heterocycles. The number of aryl methyl sites for hydroxylation is 1. The van der Waals surface area contributed by atoms with Crippen LogP contribution in [-0.4, -0.2) is 109 Å². The summed E-state index contributed by atoms with van der Waals surface area (Å²) in [7, 11) is 0. The normalized spacial score (nSPS) is 16.2. The Morgan fingerprint density at radius 1 is 0.891 bits per heavy atom. The van der Waals surface area contributed by atoms with Crippen LogP contribution in [-0.2, 0) is 16.1 Å². The highest BCUT2D eigenvalue weighted by Gasteiger charge is 2.40. The van der Waals surface area contributed by atoms with Crippen LogP contribution in [0.5, 0.6) is 17.2 Å². The zero-order chi connectivity index (χ0) is 45.4. The van der Waals surface area contributed by atoms with Crippen LogP contribution in [0.3, 0.4) is 0 Å². The zero-order valence-electron chi connectivity index (χ0n) is 35.7. The molecule has 1 atom stereocenters. The fourth-order valence-corrected chi connectivity index (χ4v) is 8.31. The number of imide groups is 1. The van der Waals surface area contributed by atoms with Gasteiger partial charge in [-0.05, 0) is 98.0 Å². The molecule has 8 rings (SSSR count). The standard InChI is InChI=1S/C46H47N9O9/c1-5-47-43(60)41-51-50-40(32-22-31(25(2)3)36(56)23-37(32)57)55(41)28-11-9-27(10-12-28)44(61)53-19-17-52(18-20-53)29-13-15-38(26(4)21-29)64-46(63)48-34-8-6-7-30-33(34)24-54(45(30)62)35-14-16-39(58)49-42(35)59/h6-13,15,21-23,25,35,56-57H,5,14,16-20,24H2,1-4H3,(H,47,60)(H,48,63)(H,49,58,59). The zero-order valence-corrected chi connectivity index (χ0v) is 35.7. The molecular weight excluding hydrogens is 823 g/mol. The third-order valence-electron chi connectivity index (χ3n) is 11.7. The van der Waals surface area contributed by atoms with Crippen molar-refractivity contribution in [3.63, 3.8) is 0 Å². The van der Waals surface area contributed by atoms with Gasteiger partial charge in [-0.3, -0.25) is 39.2 Å². The Kier molecular flexibility index (Phi) is 11.8. The Balaban J connectivity index is 0.899. The summed E-state index contributed by atoms with van der Waals surface area (Å²) in [6, 6.07) is 19.2. The number of piperazine rings is 1. The lowest BCUT2D eigenvalue weighted by Gasteiger charge is -2.36. The van der Waals surface area contributed by atoms with E-state index < -0.39 is 23.9 Å². The molecule has 3 aliphatic rings. The van der Waals surface area contributed by atoms with E-state index in [0.717, 1.165) is 5.69 Å². The van der Waals surface area contributed by atoms with E-state index in [1.54, 1.807) is 66.4 Å². The second-order valence-corrected chi connectivity index (χ2v) is 16.1. The molecule has 0 spiro atoms. The molecule has 1 aromatic heterocycles. The van der Waals surface area contributed by atoms with Crippen molar-refractivity contribution in [1.29, 1.82) is 0 Å². The molecule has 330 valence electrons. The molecular formula is C46H47N9O9. The third kappa shape index (κ3) is 8.28. The minimum Gasteiger partial charge on any atom is -0.508 e. The van der Waals surface area contributed by atoms with Crippen LogP contribution in [0.15, 0.2) is 72.8 Å². The number of ether oxygens (including phenoxy) is 1. The molecule has 1 unspecified atom stereocenters. The molecule has 2 fully saturated rings. The lowest BCUT2D eigenvalue weighted by atomic mass is 9.98. The molecule has 5 N–H and O–H groups in total. The molecule has 6 amide bonds. The molecule has 0 aliphatic carbocycles. The minimum absolute atomic E-state index is 0.0147. The van der Waals surface area contributed by atoms with Gasteiger partial charge in [-0.2, -0.15) is 0 Å². The van der Waals surface area contributed by atoms with E-state index in [4.69, 9.17) is 4.74 Å². The molecule has 18 heteroatoms. The van der Waals surface area contributed by atoms with Gasteiger partial charge in [0.1, 0.15) is 23.3 Å². The maximum atomic E-state index is 13.7. The van der Waals surface area contributed by atoms with E-state index >= 15 is 0 Å². The van der Waals surface area contributed by atoms with Crippen LogP contribution in [0.1, 0.15) is 87.6 Å². The van der Waals surface area contributed by atoms with Gasteiger partial charge in [0.25, 0.3) is 17.7 Å². The molecule has 4 aromatic carbocycles. The van der Waals surface area contributed by atoms with Gasteiger partial charge in [-0.15, -0.1) is 10.2 Å². The maximum Gasteiger partial charge on any atom is 0.417 e. The number of nitrogens with one attached hydrogen (secondary N) is 3. The SMILES string of the molecule is CCNC(=O)c1nnc(-c2cc(C(C)C)c(O)cc2O)n1-c1ccc(C(=O)N2CCN(c3ccc(OC(=O)Nc4cccc5c4CN(C4CCC(=O)NC4=O)C5=O)c(C)c3)CC2)cc1. The Morgan fingerprint density at radius 2 is 1.62 bits per heavy atom. The summed E-state index contributed by atoms with van der Waals surface area (Å²) >= 11 is 0. The van der Waals surface area contributed by atoms with Gasteiger partial charge in [0.15, 0.2) is 5.82 Å². The number of hydrogen-bond donors (Lipinski definition) is 5. The minimum atomic E-state index is -0.784. The molecule has 0 bridgehead atoms. The van der Waals surface area contributed by atoms with Crippen LogP contribution >= 0.6 is 0 Å². The van der Waals surface area contributed by atoms with Crippen LogP contribution in [0.25, 0.3) is 17.1 Å². The van der Waals surface area contributed by atoms with Gasteiger partial charge < -0.3 is 35.0 Å². The first kappa shape index (κ1) is 42.9. The van der Waals surface area contributed by atoms with Gasteiger partial charge in [0, 0.05) is 85.5 Å².